The summed E-state index contributed by atoms with van der Waals surface area (Å²) in [5.74, 6) is 0. The maximum Gasteiger partial charge on any atom is -0.00187 e. The quantitative estimate of drug-likeness (QED) is 0.328. The average molecular weight is 270 g/mol. The standard InChI is InChI=1S/C18H39N/c1-4-7-8-9-10-11-12-13-14-15-18-19(16-5-2)17-6-3/h4-18H2,1-3H3. The minimum Gasteiger partial charge on any atom is -0.303 e. The van der Waals surface area contributed by atoms with E-state index < -0.39 is 0 Å². The van der Waals surface area contributed by atoms with Gasteiger partial charge in [-0.1, -0.05) is 78.6 Å². The highest BCUT2D eigenvalue weighted by Gasteiger charge is 2.01. The average Bonchev–Trinajstić information content (AvgIpc) is 2.41. The first kappa shape index (κ1) is 19.0. The van der Waals surface area contributed by atoms with E-state index in [0.717, 1.165) is 0 Å². The first-order valence-corrected chi connectivity index (χ1v) is 9.07. The molecule has 0 bridgehead atoms. The van der Waals surface area contributed by atoms with Crippen molar-refractivity contribution in [2.24, 2.45) is 0 Å². The Labute approximate surface area is 123 Å². The minimum absolute atomic E-state index is 1.30. The lowest BCUT2D eigenvalue weighted by molar-refractivity contribution is 0.267. The fourth-order valence-electron chi connectivity index (χ4n) is 2.79. The second kappa shape index (κ2) is 16.0. The molecule has 0 unspecified atom stereocenters. The Morgan fingerprint density at radius 2 is 0.842 bits per heavy atom. The summed E-state index contributed by atoms with van der Waals surface area (Å²) in [6.45, 7) is 10.8. The molecule has 0 atom stereocenters. The van der Waals surface area contributed by atoms with Crippen LogP contribution in [0.25, 0.3) is 0 Å². The predicted molar refractivity (Wildman–Crippen MR) is 88.9 cm³/mol. The molecule has 0 radical (unpaired) electrons. The largest absolute Gasteiger partial charge is 0.303 e. The summed E-state index contributed by atoms with van der Waals surface area (Å²) in [7, 11) is 0. The number of rotatable bonds is 15. The maximum absolute atomic E-state index is 2.64. The Morgan fingerprint density at radius 3 is 1.26 bits per heavy atom. The summed E-state index contributed by atoms with van der Waals surface area (Å²) in [6.07, 6.45) is 17.1. The molecule has 0 N–H and O–H groups in total. The van der Waals surface area contributed by atoms with E-state index in [-0.39, 0.29) is 0 Å². The first-order valence-electron chi connectivity index (χ1n) is 9.07. The highest BCUT2D eigenvalue weighted by atomic mass is 15.1. The summed E-state index contributed by atoms with van der Waals surface area (Å²) in [5, 5.41) is 0. The van der Waals surface area contributed by atoms with E-state index in [0.29, 0.717) is 0 Å². The van der Waals surface area contributed by atoms with Crippen LogP contribution < -0.4 is 0 Å². The van der Waals surface area contributed by atoms with E-state index in [9.17, 15) is 0 Å². The van der Waals surface area contributed by atoms with E-state index in [4.69, 9.17) is 0 Å². The highest BCUT2D eigenvalue weighted by Crippen LogP contribution is 2.10. The molecule has 0 saturated heterocycles. The second-order valence-electron chi connectivity index (χ2n) is 6.02. The molecular weight excluding hydrogens is 230 g/mol. The Hall–Kier alpha value is -0.0400. The molecule has 0 fully saturated rings. The summed E-state index contributed by atoms with van der Waals surface area (Å²) >= 11 is 0. The third kappa shape index (κ3) is 14.2. The van der Waals surface area contributed by atoms with Crippen LogP contribution in [-0.2, 0) is 0 Å². The van der Waals surface area contributed by atoms with Crippen LogP contribution in [0.15, 0.2) is 0 Å². The zero-order valence-electron chi connectivity index (χ0n) is 14.1. The van der Waals surface area contributed by atoms with Gasteiger partial charge in [0.15, 0.2) is 0 Å². The van der Waals surface area contributed by atoms with Gasteiger partial charge in [-0.05, 0) is 38.9 Å². The van der Waals surface area contributed by atoms with Crippen molar-refractivity contribution in [2.45, 2.75) is 97.8 Å². The van der Waals surface area contributed by atoms with E-state index in [1.54, 1.807) is 0 Å². The number of unbranched alkanes of at least 4 members (excludes halogenated alkanes) is 9. The zero-order chi connectivity index (χ0) is 14.2. The lowest BCUT2D eigenvalue weighted by Gasteiger charge is -2.20. The topological polar surface area (TPSA) is 3.24 Å². The van der Waals surface area contributed by atoms with Gasteiger partial charge in [0.05, 0.1) is 0 Å². The Kier molecular flexibility index (Phi) is 16.0. The van der Waals surface area contributed by atoms with Gasteiger partial charge in [0.1, 0.15) is 0 Å². The van der Waals surface area contributed by atoms with Crippen LogP contribution in [0.3, 0.4) is 0 Å². The minimum atomic E-state index is 1.30. The molecule has 0 saturated carbocycles. The molecule has 0 heterocycles. The van der Waals surface area contributed by atoms with Crippen molar-refractivity contribution in [1.29, 1.82) is 0 Å². The molecule has 0 aromatic rings. The lowest BCUT2D eigenvalue weighted by atomic mass is 10.1. The van der Waals surface area contributed by atoms with E-state index in [2.05, 4.69) is 25.7 Å². The van der Waals surface area contributed by atoms with Crippen LogP contribution in [0.4, 0.5) is 0 Å². The zero-order valence-corrected chi connectivity index (χ0v) is 14.1. The molecule has 0 spiro atoms. The van der Waals surface area contributed by atoms with Gasteiger partial charge in [0.2, 0.25) is 0 Å². The number of hydrogen-bond acceptors (Lipinski definition) is 1. The molecule has 1 heteroatoms. The maximum atomic E-state index is 2.64. The predicted octanol–water partition coefficient (Wildman–Crippen LogP) is 6.03. The molecule has 19 heavy (non-hydrogen) atoms. The van der Waals surface area contributed by atoms with Crippen molar-refractivity contribution in [2.75, 3.05) is 19.6 Å². The van der Waals surface area contributed by atoms with E-state index in [1.165, 1.54) is 96.7 Å². The van der Waals surface area contributed by atoms with Gasteiger partial charge < -0.3 is 4.90 Å². The third-order valence-corrected chi connectivity index (χ3v) is 3.91. The van der Waals surface area contributed by atoms with Crippen molar-refractivity contribution in [3.63, 3.8) is 0 Å². The Balaban J connectivity index is 3.20. The fourth-order valence-corrected chi connectivity index (χ4v) is 2.79. The van der Waals surface area contributed by atoms with Gasteiger partial charge in [0.25, 0.3) is 0 Å². The van der Waals surface area contributed by atoms with Crippen LogP contribution in [0.5, 0.6) is 0 Å². The molecule has 0 aliphatic rings. The third-order valence-electron chi connectivity index (χ3n) is 3.91. The lowest BCUT2D eigenvalue weighted by Crippen LogP contribution is -2.26. The van der Waals surface area contributed by atoms with Crippen LogP contribution >= 0.6 is 0 Å². The van der Waals surface area contributed by atoms with Crippen molar-refractivity contribution < 1.29 is 0 Å². The van der Waals surface area contributed by atoms with Crippen molar-refractivity contribution >= 4 is 0 Å². The molecule has 0 aliphatic heterocycles. The van der Waals surface area contributed by atoms with Gasteiger partial charge in [-0.25, -0.2) is 0 Å². The Bertz CT molecular complexity index is 150. The van der Waals surface area contributed by atoms with Gasteiger partial charge >= 0.3 is 0 Å². The fraction of sp³-hybridized carbons (Fsp3) is 1.00. The molecule has 1 nitrogen and oxygen atoms in total. The summed E-state index contributed by atoms with van der Waals surface area (Å²) in [6, 6.07) is 0. The summed E-state index contributed by atoms with van der Waals surface area (Å²) in [5.41, 5.74) is 0. The highest BCUT2D eigenvalue weighted by molar-refractivity contribution is 4.56. The van der Waals surface area contributed by atoms with Crippen LogP contribution in [0.2, 0.25) is 0 Å². The summed E-state index contributed by atoms with van der Waals surface area (Å²) in [4.78, 5) is 2.64. The molecular formula is C18H39N. The van der Waals surface area contributed by atoms with E-state index in [1.807, 2.05) is 0 Å². The second-order valence-corrected chi connectivity index (χ2v) is 6.02. The van der Waals surface area contributed by atoms with Crippen LogP contribution in [0.1, 0.15) is 97.8 Å². The molecule has 0 aromatic carbocycles. The summed E-state index contributed by atoms with van der Waals surface area (Å²) < 4.78 is 0. The monoisotopic (exact) mass is 269 g/mol. The smallest absolute Gasteiger partial charge is 0.00187 e. The van der Waals surface area contributed by atoms with Crippen molar-refractivity contribution in [3.05, 3.63) is 0 Å². The molecule has 116 valence electrons. The number of nitrogens with zero attached hydrogens (tertiary/aromatic N) is 1. The van der Waals surface area contributed by atoms with E-state index >= 15 is 0 Å². The molecule has 0 amide bonds. The molecule has 0 rings (SSSR count). The normalized spacial score (nSPS) is 11.4. The van der Waals surface area contributed by atoms with Crippen molar-refractivity contribution in [3.8, 4) is 0 Å². The van der Waals surface area contributed by atoms with Crippen LogP contribution in [0, 0.1) is 0 Å². The Morgan fingerprint density at radius 1 is 0.421 bits per heavy atom. The SMILES string of the molecule is CCCCCCCCCCCCN(CCC)CCC. The first-order chi connectivity index (χ1) is 9.35. The van der Waals surface area contributed by atoms with Gasteiger partial charge in [0, 0.05) is 0 Å². The van der Waals surface area contributed by atoms with Gasteiger partial charge in [-0.15, -0.1) is 0 Å². The van der Waals surface area contributed by atoms with Gasteiger partial charge in [-0.3, -0.25) is 0 Å². The van der Waals surface area contributed by atoms with Crippen LogP contribution in [-0.4, -0.2) is 24.5 Å². The molecule has 0 aromatic heterocycles. The molecule has 0 aliphatic carbocycles. The number of hydrogen-bond donors (Lipinski definition) is 0. The van der Waals surface area contributed by atoms with Crippen molar-refractivity contribution in [1.82, 2.24) is 4.90 Å². The van der Waals surface area contributed by atoms with Gasteiger partial charge in [-0.2, -0.15) is 0 Å².